The van der Waals surface area contributed by atoms with Crippen molar-refractivity contribution in [2.24, 2.45) is 5.41 Å². The van der Waals surface area contributed by atoms with Crippen LogP contribution >= 0.6 is 11.3 Å². The fourth-order valence-electron chi connectivity index (χ4n) is 5.87. The number of rotatable bonds is 3. The monoisotopic (exact) mass is 531 g/mol. The highest BCUT2D eigenvalue weighted by Gasteiger charge is 2.38. The van der Waals surface area contributed by atoms with Gasteiger partial charge in [0.15, 0.2) is 6.10 Å². The topological polar surface area (TPSA) is 62.7 Å². The van der Waals surface area contributed by atoms with Crippen LogP contribution in [-0.2, 0) is 17.6 Å². The fraction of sp³-hybridized carbons (Fsp3) is 0.452. The highest BCUT2D eigenvalue weighted by molar-refractivity contribution is 7.09. The van der Waals surface area contributed by atoms with Gasteiger partial charge in [-0.05, 0) is 61.6 Å². The Labute approximate surface area is 229 Å². The Morgan fingerprint density at radius 2 is 1.79 bits per heavy atom. The number of piperidine rings is 1. The smallest absolute Gasteiger partial charge is 0.273 e. The maximum absolute atomic E-state index is 13.3. The number of hydrogen-bond donors (Lipinski definition) is 0. The number of likely N-dealkylation sites (tertiary alicyclic amines) is 1. The second-order valence-electron chi connectivity index (χ2n) is 10.9. The minimum absolute atomic E-state index is 0.00618. The number of para-hydroxylation sites is 1. The molecule has 1 spiro atoms. The molecular formula is C31H37N3O3S. The average Bonchev–Trinajstić information content (AvgIpc) is 3.40. The normalized spacial score (nSPS) is 20.3. The predicted molar refractivity (Wildman–Crippen MR) is 151 cm³/mol. The van der Waals surface area contributed by atoms with Crippen LogP contribution in [0, 0.1) is 5.41 Å². The number of likely N-dealkylation sites (N-methyl/N-ethyl adjacent to an activating group) is 1. The standard InChI is InChI=1S/C31H37N3O3S/c1-23-29(35)33(2)22-31(15-9-8-13-25-12-6-7-14-27(25)37-23)16-18-34(19-17-31)30(36)26-21-38-28(32-26)20-24-10-4-3-5-11-24/h3-7,10-12,14,21,23H,8-9,13,15-20,22H2,1-2H3/t23-/m1/s1. The number of fused-ring (bicyclic) bond motifs is 1. The molecule has 1 fully saturated rings. The number of aryl methyl sites for hydroxylation is 1. The Morgan fingerprint density at radius 3 is 2.58 bits per heavy atom. The van der Waals surface area contributed by atoms with Crippen LogP contribution in [0.5, 0.6) is 5.75 Å². The van der Waals surface area contributed by atoms with E-state index >= 15 is 0 Å². The lowest BCUT2D eigenvalue weighted by Crippen LogP contribution is -2.50. The minimum atomic E-state index is -0.533. The molecule has 0 aliphatic carbocycles. The van der Waals surface area contributed by atoms with E-state index in [4.69, 9.17) is 4.74 Å². The first kappa shape index (κ1) is 26.4. The molecular weight excluding hydrogens is 494 g/mol. The predicted octanol–water partition coefficient (Wildman–Crippen LogP) is 5.61. The highest BCUT2D eigenvalue weighted by atomic mass is 32.1. The van der Waals surface area contributed by atoms with Gasteiger partial charge in [0.2, 0.25) is 0 Å². The quantitative estimate of drug-likeness (QED) is 0.441. The third-order valence-electron chi connectivity index (χ3n) is 8.06. The molecule has 200 valence electrons. The lowest BCUT2D eigenvalue weighted by molar-refractivity contribution is -0.138. The molecule has 0 unspecified atom stereocenters. The lowest BCUT2D eigenvalue weighted by Gasteiger charge is -2.44. The number of aromatic nitrogens is 1. The van der Waals surface area contributed by atoms with Crippen molar-refractivity contribution >= 4 is 23.2 Å². The zero-order valence-electron chi connectivity index (χ0n) is 22.4. The number of thiazole rings is 1. The third-order valence-corrected chi connectivity index (χ3v) is 8.91. The molecule has 0 N–H and O–H groups in total. The molecule has 0 saturated carbocycles. The van der Waals surface area contributed by atoms with Gasteiger partial charge in [-0.25, -0.2) is 4.98 Å². The molecule has 5 rings (SSSR count). The Hall–Kier alpha value is -3.19. The summed E-state index contributed by atoms with van der Waals surface area (Å²) in [7, 11) is 1.89. The molecule has 2 aromatic carbocycles. The van der Waals surface area contributed by atoms with Crippen LogP contribution in [-0.4, -0.2) is 59.4 Å². The van der Waals surface area contributed by atoms with Gasteiger partial charge >= 0.3 is 0 Å². The fourth-order valence-corrected chi connectivity index (χ4v) is 6.67. The first-order valence-corrected chi connectivity index (χ1v) is 14.6. The summed E-state index contributed by atoms with van der Waals surface area (Å²) in [4.78, 5) is 35.0. The molecule has 2 aliphatic heterocycles. The van der Waals surface area contributed by atoms with Gasteiger partial charge in [-0.15, -0.1) is 11.3 Å². The second kappa shape index (κ2) is 11.7. The van der Waals surface area contributed by atoms with Crippen molar-refractivity contribution in [3.05, 3.63) is 81.8 Å². The van der Waals surface area contributed by atoms with Gasteiger partial charge in [0.1, 0.15) is 11.4 Å². The van der Waals surface area contributed by atoms with E-state index in [1.807, 2.05) is 65.5 Å². The van der Waals surface area contributed by atoms with E-state index < -0.39 is 6.10 Å². The summed E-state index contributed by atoms with van der Waals surface area (Å²) < 4.78 is 6.11. The molecule has 1 aromatic heterocycles. The molecule has 1 saturated heterocycles. The van der Waals surface area contributed by atoms with Gasteiger partial charge in [0, 0.05) is 38.5 Å². The van der Waals surface area contributed by atoms with E-state index in [0.717, 1.165) is 55.7 Å². The van der Waals surface area contributed by atoms with Crippen molar-refractivity contribution in [2.45, 2.75) is 58.0 Å². The van der Waals surface area contributed by atoms with E-state index in [9.17, 15) is 9.59 Å². The summed E-state index contributed by atoms with van der Waals surface area (Å²) in [5, 5.41) is 2.86. The van der Waals surface area contributed by atoms with Gasteiger partial charge in [-0.2, -0.15) is 0 Å². The van der Waals surface area contributed by atoms with Crippen molar-refractivity contribution in [3.63, 3.8) is 0 Å². The van der Waals surface area contributed by atoms with E-state index in [2.05, 4.69) is 23.2 Å². The van der Waals surface area contributed by atoms with Gasteiger partial charge < -0.3 is 14.5 Å². The summed E-state index contributed by atoms with van der Waals surface area (Å²) in [6, 6.07) is 18.3. The maximum atomic E-state index is 13.3. The number of amides is 2. The molecule has 0 radical (unpaired) electrons. The summed E-state index contributed by atoms with van der Waals surface area (Å²) >= 11 is 1.55. The number of nitrogens with zero attached hydrogens (tertiary/aromatic N) is 3. The SMILES string of the molecule is C[C@H]1Oc2ccccc2CCCCC2(CCN(C(=O)c3csc(Cc4ccccc4)n3)CC2)CN(C)C1=O. The van der Waals surface area contributed by atoms with Gasteiger partial charge in [-0.1, -0.05) is 55.0 Å². The van der Waals surface area contributed by atoms with Crippen LogP contribution in [0.2, 0.25) is 0 Å². The van der Waals surface area contributed by atoms with Crippen LogP contribution in [0.4, 0.5) is 0 Å². The van der Waals surface area contributed by atoms with E-state index in [-0.39, 0.29) is 17.2 Å². The highest BCUT2D eigenvalue weighted by Crippen LogP contribution is 2.39. The van der Waals surface area contributed by atoms with Crippen LogP contribution in [0.15, 0.2) is 60.0 Å². The third kappa shape index (κ3) is 6.09. The zero-order valence-corrected chi connectivity index (χ0v) is 23.2. The molecule has 3 heterocycles. The largest absolute Gasteiger partial charge is 0.481 e. The Bertz CT molecular complexity index is 1250. The number of carbonyl (C=O) groups is 2. The minimum Gasteiger partial charge on any atom is -0.481 e. The molecule has 3 aromatic rings. The summed E-state index contributed by atoms with van der Waals surface area (Å²) in [5.74, 6) is 0.844. The zero-order chi connectivity index (χ0) is 26.5. The van der Waals surface area contributed by atoms with Crippen molar-refractivity contribution in [1.29, 1.82) is 0 Å². The van der Waals surface area contributed by atoms with Crippen molar-refractivity contribution in [3.8, 4) is 5.75 Å². The molecule has 38 heavy (non-hydrogen) atoms. The van der Waals surface area contributed by atoms with Gasteiger partial charge in [0.25, 0.3) is 11.8 Å². The van der Waals surface area contributed by atoms with Gasteiger partial charge in [-0.3, -0.25) is 9.59 Å². The molecule has 2 aliphatic rings. The van der Waals surface area contributed by atoms with E-state index in [0.29, 0.717) is 25.3 Å². The number of benzene rings is 2. The van der Waals surface area contributed by atoms with E-state index in [1.165, 1.54) is 11.1 Å². The van der Waals surface area contributed by atoms with Crippen LogP contribution < -0.4 is 4.74 Å². The first-order chi connectivity index (χ1) is 18.4. The summed E-state index contributed by atoms with van der Waals surface area (Å²) in [6.45, 7) is 3.93. The molecule has 7 heteroatoms. The van der Waals surface area contributed by atoms with Gasteiger partial charge in [0.05, 0.1) is 5.01 Å². The van der Waals surface area contributed by atoms with Crippen LogP contribution in [0.3, 0.4) is 0 Å². The molecule has 0 bridgehead atoms. The van der Waals surface area contributed by atoms with Crippen molar-refractivity contribution in [2.75, 3.05) is 26.7 Å². The number of hydrogen-bond acceptors (Lipinski definition) is 5. The van der Waals surface area contributed by atoms with Crippen molar-refractivity contribution < 1.29 is 14.3 Å². The molecule has 2 amide bonds. The number of carbonyl (C=O) groups excluding carboxylic acids is 2. The lowest BCUT2D eigenvalue weighted by atomic mass is 9.73. The Balaban J connectivity index is 1.24. The van der Waals surface area contributed by atoms with E-state index in [1.54, 1.807) is 11.3 Å². The Kier molecular flexibility index (Phi) is 8.12. The summed E-state index contributed by atoms with van der Waals surface area (Å²) in [5.41, 5.74) is 2.93. The first-order valence-electron chi connectivity index (χ1n) is 13.7. The van der Waals surface area contributed by atoms with Crippen LogP contribution in [0.25, 0.3) is 0 Å². The van der Waals surface area contributed by atoms with Crippen LogP contribution in [0.1, 0.15) is 65.7 Å². The summed E-state index contributed by atoms with van der Waals surface area (Å²) in [6.07, 6.45) is 6.18. The molecule has 1 atom stereocenters. The second-order valence-corrected chi connectivity index (χ2v) is 11.8. The Morgan fingerprint density at radius 1 is 1.05 bits per heavy atom. The maximum Gasteiger partial charge on any atom is 0.273 e. The molecule has 6 nitrogen and oxygen atoms in total. The average molecular weight is 532 g/mol. The van der Waals surface area contributed by atoms with Crippen molar-refractivity contribution in [1.82, 2.24) is 14.8 Å². The number of ether oxygens (including phenoxy) is 1.